The van der Waals surface area contributed by atoms with Gasteiger partial charge in [0.25, 0.3) is 0 Å². The van der Waals surface area contributed by atoms with Gasteiger partial charge in [0.2, 0.25) is 17.6 Å². The first-order valence-electron chi connectivity index (χ1n) is 15.4. The molecule has 42 heavy (non-hydrogen) atoms. The van der Waals surface area contributed by atoms with E-state index in [1.165, 1.54) is 56.7 Å². The summed E-state index contributed by atoms with van der Waals surface area (Å²) in [5.41, 5.74) is 0.842. The van der Waals surface area contributed by atoms with E-state index in [0.29, 0.717) is 42.8 Å². The van der Waals surface area contributed by atoms with Gasteiger partial charge in [0.15, 0.2) is 10.9 Å². The maximum Gasteiger partial charge on any atom is 0.233 e. The summed E-state index contributed by atoms with van der Waals surface area (Å²) >= 11 is 1.35. The number of rotatable bonds is 16. The lowest BCUT2D eigenvalue weighted by atomic mass is 10.1. The number of unbranched alkanes of at least 4 members (excludes halogenated alkanes) is 8. The highest BCUT2D eigenvalue weighted by atomic mass is 32.2. The predicted molar refractivity (Wildman–Crippen MR) is 166 cm³/mol. The summed E-state index contributed by atoms with van der Waals surface area (Å²) in [7, 11) is 1.63. The van der Waals surface area contributed by atoms with Gasteiger partial charge in [-0.15, -0.1) is 10.2 Å². The van der Waals surface area contributed by atoms with Gasteiger partial charge in [-0.25, -0.2) is 0 Å². The lowest BCUT2D eigenvalue weighted by Gasteiger charge is -2.40. The van der Waals surface area contributed by atoms with E-state index in [9.17, 15) is 9.59 Å². The van der Waals surface area contributed by atoms with Crippen molar-refractivity contribution in [3.8, 4) is 23.0 Å². The summed E-state index contributed by atoms with van der Waals surface area (Å²) in [6.07, 6.45) is 13.4. The Morgan fingerprint density at radius 2 is 1.67 bits per heavy atom. The third-order valence-electron chi connectivity index (χ3n) is 7.83. The molecule has 10 heteroatoms. The fraction of sp³-hybridized carbons (Fsp3) is 0.562. The molecule has 1 atom stereocenters. The van der Waals surface area contributed by atoms with Crippen molar-refractivity contribution in [1.82, 2.24) is 24.6 Å². The summed E-state index contributed by atoms with van der Waals surface area (Å²) in [4.78, 5) is 29.9. The fourth-order valence-electron chi connectivity index (χ4n) is 5.40. The molecular weight excluding hydrogens is 550 g/mol. The summed E-state index contributed by atoms with van der Waals surface area (Å²) in [6, 6.07) is 11.2. The number of nitrogens with zero attached hydrogens (tertiary/aromatic N) is 5. The van der Waals surface area contributed by atoms with Crippen LogP contribution >= 0.6 is 11.8 Å². The van der Waals surface area contributed by atoms with Gasteiger partial charge >= 0.3 is 0 Å². The molecule has 1 saturated heterocycles. The van der Waals surface area contributed by atoms with Crippen molar-refractivity contribution in [3.63, 3.8) is 0 Å². The molecule has 0 saturated carbocycles. The van der Waals surface area contributed by atoms with Crippen LogP contribution in [0.5, 0.6) is 5.75 Å². The van der Waals surface area contributed by atoms with E-state index in [-0.39, 0.29) is 23.6 Å². The normalized spacial score (nSPS) is 15.3. The molecule has 9 nitrogen and oxygen atoms in total. The Hall–Kier alpha value is -3.27. The number of hydrogen-bond donors (Lipinski definition) is 0. The molecule has 3 aromatic rings. The van der Waals surface area contributed by atoms with Crippen molar-refractivity contribution in [2.24, 2.45) is 0 Å². The third-order valence-corrected chi connectivity index (χ3v) is 8.74. The number of thioether (sulfide) groups is 1. The maximum absolute atomic E-state index is 13.2. The molecule has 1 aromatic carbocycles. The number of benzene rings is 1. The number of hydrogen-bond acceptors (Lipinski definition) is 7. The second-order valence-corrected chi connectivity index (χ2v) is 11.9. The van der Waals surface area contributed by atoms with Crippen LogP contribution in [0.4, 0.5) is 0 Å². The van der Waals surface area contributed by atoms with E-state index in [2.05, 4.69) is 17.1 Å². The quantitative estimate of drug-likeness (QED) is 0.136. The first-order chi connectivity index (χ1) is 20.5. The Balaban J connectivity index is 1.26. The second kappa shape index (κ2) is 16.4. The summed E-state index contributed by atoms with van der Waals surface area (Å²) in [6.45, 7) is 5.96. The van der Waals surface area contributed by atoms with Gasteiger partial charge in [0.1, 0.15) is 5.75 Å². The Labute approximate surface area is 254 Å². The Kier molecular flexibility index (Phi) is 12.4. The minimum absolute atomic E-state index is 0.00673. The molecule has 1 aliphatic heterocycles. The molecule has 0 radical (unpaired) electrons. The number of carbonyl (C=O) groups excluding carboxylic acids is 2. The molecular formula is C32H45N5O4S. The number of furan rings is 1. The number of ether oxygens (including phenoxy) is 1. The molecule has 1 unspecified atom stereocenters. The Morgan fingerprint density at radius 3 is 2.31 bits per heavy atom. The molecule has 0 bridgehead atoms. The van der Waals surface area contributed by atoms with Crippen LogP contribution in [-0.4, -0.2) is 74.9 Å². The van der Waals surface area contributed by atoms with Crippen LogP contribution in [0.15, 0.2) is 52.2 Å². The molecule has 1 fully saturated rings. The van der Waals surface area contributed by atoms with E-state index < -0.39 is 0 Å². The van der Waals surface area contributed by atoms with Crippen LogP contribution in [0.1, 0.15) is 78.1 Å². The van der Waals surface area contributed by atoms with Gasteiger partial charge in [-0.1, -0.05) is 70.1 Å². The average molecular weight is 596 g/mol. The largest absolute Gasteiger partial charge is 0.497 e. The van der Waals surface area contributed by atoms with Crippen molar-refractivity contribution in [1.29, 1.82) is 0 Å². The van der Waals surface area contributed by atoms with Crippen LogP contribution in [-0.2, 0) is 9.59 Å². The molecule has 2 aromatic heterocycles. The van der Waals surface area contributed by atoms with Crippen molar-refractivity contribution in [3.05, 3.63) is 42.7 Å². The zero-order valence-electron chi connectivity index (χ0n) is 25.3. The number of aromatic nitrogens is 3. The molecule has 1 aliphatic rings. The highest BCUT2D eigenvalue weighted by Crippen LogP contribution is 2.29. The Morgan fingerprint density at radius 1 is 0.952 bits per heavy atom. The van der Waals surface area contributed by atoms with Crippen molar-refractivity contribution >= 4 is 23.6 Å². The lowest BCUT2D eigenvalue weighted by Crippen LogP contribution is -2.55. The number of methoxy groups -OCH3 is 1. The van der Waals surface area contributed by atoms with Gasteiger partial charge in [0, 0.05) is 32.1 Å². The van der Waals surface area contributed by atoms with E-state index >= 15 is 0 Å². The monoisotopic (exact) mass is 595 g/mol. The summed E-state index contributed by atoms with van der Waals surface area (Å²) in [5.74, 6) is 2.37. The standard InChI is InChI=1S/C32H45N5O4S/c1-4-5-6-7-8-9-10-11-12-15-29(38)36-21-20-35(23-25(36)2)30(39)24-42-32-34-33-31(28-14-13-22-41-28)37(32)26-16-18-27(40-3)19-17-26/h13-14,16-19,22,25H,4-12,15,20-21,23-24H2,1-3H3. The summed E-state index contributed by atoms with van der Waals surface area (Å²) < 4.78 is 12.8. The minimum atomic E-state index is 0.00673. The van der Waals surface area contributed by atoms with Crippen LogP contribution in [0, 0.1) is 0 Å². The third kappa shape index (κ3) is 8.63. The molecule has 2 amide bonds. The fourth-order valence-corrected chi connectivity index (χ4v) is 6.25. The van der Waals surface area contributed by atoms with Crippen LogP contribution in [0.2, 0.25) is 0 Å². The maximum atomic E-state index is 13.2. The number of carbonyl (C=O) groups is 2. The van der Waals surface area contributed by atoms with E-state index in [4.69, 9.17) is 9.15 Å². The topological polar surface area (TPSA) is 93.7 Å². The molecule has 0 N–H and O–H groups in total. The second-order valence-electron chi connectivity index (χ2n) is 11.0. The highest BCUT2D eigenvalue weighted by molar-refractivity contribution is 7.99. The Bertz CT molecular complexity index is 1240. The number of amides is 2. The van der Waals surface area contributed by atoms with Gasteiger partial charge in [-0.3, -0.25) is 14.2 Å². The van der Waals surface area contributed by atoms with E-state index in [1.807, 2.05) is 51.6 Å². The van der Waals surface area contributed by atoms with Crippen LogP contribution in [0.3, 0.4) is 0 Å². The van der Waals surface area contributed by atoms with Gasteiger partial charge in [0.05, 0.1) is 24.8 Å². The molecule has 3 heterocycles. The van der Waals surface area contributed by atoms with E-state index in [1.54, 1.807) is 19.4 Å². The average Bonchev–Trinajstić information content (AvgIpc) is 3.69. The smallest absolute Gasteiger partial charge is 0.233 e. The lowest BCUT2D eigenvalue weighted by molar-refractivity contribution is -0.141. The molecule has 4 rings (SSSR count). The molecule has 0 spiro atoms. The molecule has 0 aliphatic carbocycles. The zero-order chi connectivity index (χ0) is 29.7. The van der Waals surface area contributed by atoms with Gasteiger partial charge in [-0.05, 0) is 49.7 Å². The number of piperazine rings is 1. The highest BCUT2D eigenvalue weighted by Gasteiger charge is 2.30. The van der Waals surface area contributed by atoms with Gasteiger partial charge < -0.3 is 19.0 Å². The molecule has 228 valence electrons. The SMILES string of the molecule is CCCCCCCCCCCC(=O)N1CCN(C(=O)CSc2nnc(-c3ccco3)n2-c2ccc(OC)cc2)CC1C. The minimum Gasteiger partial charge on any atom is -0.497 e. The van der Waals surface area contributed by atoms with Crippen molar-refractivity contribution < 1.29 is 18.7 Å². The summed E-state index contributed by atoms with van der Waals surface area (Å²) in [5, 5.41) is 9.35. The van der Waals surface area contributed by atoms with Crippen LogP contribution in [0.25, 0.3) is 17.3 Å². The first kappa shape index (κ1) is 31.7. The first-order valence-corrected chi connectivity index (χ1v) is 16.3. The van der Waals surface area contributed by atoms with Gasteiger partial charge in [-0.2, -0.15) is 0 Å². The predicted octanol–water partition coefficient (Wildman–Crippen LogP) is 6.61. The zero-order valence-corrected chi connectivity index (χ0v) is 26.1. The van der Waals surface area contributed by atoms with Crippen LogP contribution < -0.4 is 4.74 Å². The van der Waals surface area contributed by atoms with E-state index in [0.717, 1.165) is 24.3 Å². The van der Waals surface area contributed by atoms with Crippen molar-refractivity contribution in [2.75, 3.05) is 32.5 Å². The van der Waals surface area contributed by atoms with Crippen molar-refractivity contribution in [2.45, 2.75) is 89.3 Å².